The molecule has 2 rings (SSSR count). The van der Waals surface area contributed by atoms with Crippen molar-refractivity contribution < 1.29 is 4.79 Å². The first-order valence-corrected chi connectivity index (χ1v) is 13.2. The molecule has 0 aromatic rings. The molecule has 2 aliphatic carbocycles. The Morgan fingerprint density at radius 2 is 1.81 bits per heavy atom. The predicted octanol–water partition coefficient (Wildman–Crippen LogP) is 9.04. The van der Waals surface area contributed by atoms with Gasteiger partial charge in [-0.15, -0.1) is 6.58 Å². The maximum absolute atomic E-state index is 13.1. The third kappa shape index (κ3) is 5.94. The number of Topliss-reactive ketones (excluding diaryl/α,β-unsaturated/α-hetero) is 1. The lowest BCUT2D eigenvalue weighted by Crippen LogP contribution is -2.49. The van der Waals surface area contributed by atoms with Gasteiger partial charge in [-0.3, -0.25) is 4.79 Å². The average molecular weight is 429 g/mol. The Hall–Kier alpha value is -0.850. The maximum Gasteiger partial charge on any atom is 0.133 e. The fourth-order valence-corrected chi connectivity index (χ4v) is 7.58. The molecule has 0 bridgehead atoms. The highest BCUT2D eigenvalue weighted by Crippen LogP contribution is 2.64. The Labute approximate surface area is 194 Å². The molecule has 1 nitrogen and oxygen atoms in total. The number of ketones is 1. The van der Waals surface area contributed by atoms with Crippen LogP contribution in [0.5, 0.6) is 0 Å². The smallest absolute Gasteiger partial charge is 0.133 e. The molecule has 0 amide bonds. The molecule has 0 spiro atoms. The molecule has 0 heterocycles. The van der Waals surface area contributed by atoms with Gasteiger partial charge in [-0.1, -0.05) is 71.6 Å². The molecule has 0 N–H and O–H groups in total. The van der Waals surface area contributed by atoms with E-state index in [4.69, 9.17) is 0 Å². The molecular formula is C30H52O. The molecule has 0 saturated heterocycles. The highest BCUT2D eigenvalue weighted by Gasteiger charge is 2.58. The van der Waals surface area contributed by atoms with E-state index in [2.05, 4.69) is 67.2 Å². The normalized spacial score (nSPS) is 33.5. The SMILES string of the molecule is C=C[C@](C)(CCC=C(C)C)[C@H]1CC[C@]2(C)[C@@H]([C@H](C)CCCC(C)C)CC[C@H]2[C@@H]1C(C)=O. The van der Waals surface area contributed by atoms with Crippen LogP contribution in [0.4, 0.5) is 0 Å². The van der Waals surface area contributed by atoms with E-state index in [0.717, 1.165) is 30.6 Å². The van der Waals surface area contributed by atoms with Crippen LogP contribution in [0.3, 0.4) is 0 Å². The average Bonchev–Trinajstić information content (AvgIpc) is 3.03. The zero-order chi connectivity index (χ0) is 23.4. The molecule has 1 heteroatoms. The van der Waals surface area contributed by atoms with Crippen molar-refractivity contribution in [3.8, 4) is 0 Å². The first-order valence-electron chi connectivity index (χ1n) is 13.2. The molecule has 2 fully saturated rings. The summed E-state index contributed by atoms with van der Waals surface area (Å²) in [7, 11) is 0. The lowest BCUT2D eigenvalue weighted by Gasteiger charge is -2.53. The van der Waals surface area contributed by atoms with Crippen LogP contribution in [0.25, 0.3) is 0 Å². The third-order valence-electron chi connectivity index (χ3n) is 9.49. The van der Waals surface area contributed by atoms with Crippen molar-refractivity contribution in [1.82, 2.24) is 0 Å². The zero-order valence-corrected chi connectivity index (χ0v) is 22.1. The standard InChI is InChI=1S/C30H52O/c1-10-29(8,19-12-14-22(4)5)26-18-20-30(9)25(23(6)15-11-13-21(2)3)16-17-27(30)28(26)24(7)31/h10,14,21,23,25-28H,1,11-13,15-20H2,2-9H3/t23-,25-,26+,27+,28-,29-,30-/m1/s1. The first kappa shape index (κ1) is 26.4. The lowest BCUT2D eigenvalue weighted by molar-refractivity contribution is -0.133. The van der Waals surface area contributed by atoms with Gasteiger partial charge in [-0.05, 0) is 99.7 Å². The minimum absolute atomic E-state index is 0.0462. The molecule has 31 heavy (non-hydrogen) atoms. The van der Waals surface area contributed by atoms with E-state index in [1.165, 1.54) is 50.5 Å². The zero-order valence-electron chi connectivity index (χ0n) is 22.1. The van der Waals surface area contributed by atoms with E-state index in [0.29, 0.717) is 23.0 Å². The summed E-state index contributed by atoms with van der Waals surface area (Å²) in [5.74, 6) is 4.02. The van der Waals surface area contributed by atoms with Crippen molar-refractivity contribution in [3.05, 3.63) is 24.3 Å². The van der Waals surface area contributed by atoms with Gasteiger partial charge in [0.1, 0.15) is 5.78 Å². The van der Waals surface area contributed by atoms with E-state index >= 15 is 0 Å². The Balaban J connectivity index is 2.21. The highest BCUT2D eigenvalue weighted by atomic mass is 16.1. The molecule has 0 radical (unpaired) electrons. The van der Waals surface area contributed by atoms with Crippen LogP contribution in [0.2, 0.25) is 0 Å². The van der Waals surface area contributed by atoms with Gasteiger partial charge in [0.05, 0.1) is 0 Å². The third-order valence-corrected chi connectivity index (χ3v) is 9.49. The molecule has 0 unspecified atom stereocenters. The predicted molar refractivity (Wildman–Crippen MR) is 136 cm³/mol. The second kappa shape index (κ2) is 10.8. The summed E-state index contributed by atoms with van der Waals surface area (Å²) in [6.45, 7) is 22.6. The van der Waals surface area contributed by atoms with Crippen LogP contribution in [-0.4, -0.2) is 5.78 Å². The van der Waals surface area contributed by atoms with Gasteiger partial charge in [-0.25, -0.2) is 0 Å². The van der Waals surface area contributed by atoms with Crippen LogP contribution < -0.4 is 0 Å². The molecule has 0 aromatic heterocycles. The molecular weight excluding hydrogens is 376 g/mol. The van der Waals surface area contributed by atoms with Crippen LogP contribution in [0.15, 0.2) is 24.3 Å². The summed E-state index contributed by atoms with van der Waals surface area (Å²) >= 11 is 0. The second-order valence-corrected chi connectivity index (χ2v) is 12.4. The van der Waals surface area contributed by atoms with Crippen molar-refractivity contribution in [1.29, 1.82) is 0 Å². The second-order valence-electron chi connectivity index (χ2n) is 12.4. The monoisotopic (exact) mass is 428 g/mol. The van der Waals surface area contributed by atoms with Gasteiger partial charge < -0.3 is 0 Å². The fourth-order valence-electron chi connectivity index (χ4n) is 7.58. The Kier molecular flexibility index (Phi) is 9.24. The number of carbonyl (C=O) groups is 1. The minimum Gasteiger partial charge on any atom is -0.300 e. The van der Waals surface area contributed by atoms with Crippen LogP contribution >= 0.6 is 0 Å². The van der Waals surface area contributed by atoms with Gasteiger partial charge in [0.25, 0.3) is 0 Å². The van der Waals surface area contributed by atoms with Gasteiger partial charge in [0.15, 0.2) is 0 Å². The Bertz CT molecular complexity index is 639. The van der Waals surface area contributed by atoms with Crippen molar-refractivity contribution in [2.75, 3.05) is 0 Å². The lowest BCUT2D eigenvalue weighted by atomic mass is 9.51. The Morgan fingerprint density at radius 1 is 1.13 bits per heavy atom. The summed E-state index contributed by atoms with van der Waals surface area (Å²) in [6.07, 6.45) is 15.8. The summed E-state index contributed by atoms with van der Waals surface area (Å²) < 4.78 is 0. The minimum atomic E-state index is 0.0462. The maximum atomic E-state index is 13.1. The number of rotatable bonds is 11. The summed E-state index contributed by atoms with van der Waals surface area (Å²) in [5.41, 5.74) is 1.77. The number of carbonyl (C=O) groups excluding carboxylic acids is 1. The molecule has 0 aliphatic heterocycles. The van der Waals surface area contributed by atoms with Gasteiger partial charge in [-0.2, -0.15) is 0 Å². The Morgan fingerprint density at radius 3 is 2.35 bits per heavy atom. The van der Waals surface area contributed by atoms with Gasteiger partial charge in [0.2, 0.25) is 0 Å². The number of hydrogen-bond acceptors (Lipinski definition) is 1. The van der Waals surface area contributed by atoms with Gasteiger partial charge >= 0.3 is 0 Å². The molecule has 7 atom stereocenters. The number of allylic oxidation sites excluding steroid dienone is 3. The summed E-state index contributed by atoms with van der Waals surface area (Å²) in [5, 5.41) is 0. The topological polar surface area (TPSA) is 17.1 Å². The van der Waals surface area contributed by atoms with E-state index in [1.54, 1.807) is 0 Å². The quantitative estimate of drug-likeness (QED) is 0.300. The first-order chi connectivity index (χ1) is 14.5. The fraction of sp³-hybridized carbons (Fsp3) is 0.833. The number of hydrogen-bond donors (Lipinski definition) is 0. The molecule has 178 valence electrons. The van der Waals surface area contributed by atoms with Crippen molar-refractivity contribution >= 4 is 5.78 Å². The van der Waals surface area contributed by atoms with Crippen molar-refractivity contribution in [2.45, 2.75) is 113 Å². The van der Waals surface area contributed by atoms with E-state index in [9.17, 15) is 4.79 Å². The van der Waals surface area contributed by atoms with Crippen LogP contribution in [0, 0.1) is 46.3 Å². The largest absolute Gasteiger partial charge is 0.300 e. The van der Waals surface area contributed by atoms with E-state index < -0.39 is 0 Å². The summed E-state index contributed by atoms with van der Waals surface area (Å²) in [4.78, 5) is 13.1. The number of fused-ring (bicyclic) bond motifs is 1. The van der Waals surface area contributed by atoms with Crippen LogP contribution in [-0.2, 0) is 4.79 Å². The van der Waals surface area contributed by atoms with Gasteiger partial charge in [0, 0.05) is 5.92 Å². The summed E-state index contributed by atoms with van der Waals surface area (Å²) in [6, 6.07) is 0. The van der Waals surface area contributed by atoms with Crippen LogP contribution in [0.1, 0.15) is 113 Å². The molecule has 2 saturated carbocycles. The molecule has 2 aliphatic rings. The highest BCUT2D eigenvalue weighted by molar-refractivity contribution is 5.79. The molecule has 0 aromatic carbocycles. The van der Waals surface area contributed by atoms with Crippen molar-refractivity contribution in [3.63, 3.8) is 0 Å². The van der Waals surface area contributed by atoms with E-state index in [-0.39, 0.29) is 11.3 Å². The van der Waals surface area contributed by atoms with E-state index in [1.807, 2.05) is 6.92 Å². The van der Waals surface area contributed by atoms with Crippen molar-refractivity contribution in [2.24, 2.45) is 46.3 Å².